The molecule has 2 aliphatic rings. The van der Waals surface area contributed by atoms with E-state index in [2.05, 4.69) is 9.97 Å². The first kappa shape index (κ1) is 52.2. The number of carbonyl (C=O) groups is 4. The minimum Gasteiger partial charge on any atom is -0.456 e. The van der Waals surface area contributed by atoms with Crippen molar-refractivity contribution in [1.82, 2.24) is 19.9 Å². The lowest BCUT2D eigenvalue weighted by Crippen LogP contribution is -2.23. The van der Waals surface area contributed by atoms with E-state index in [1.165, 1.54) is 0 Å². The summed E-state index contributed by atoms with van der Waals surface area (Å²) in [6.45, 7) is 22.0. The van der Waals surface area contributed by atoms with Crippen molar-refractivity contribution in [2.24, 2.45) is 0 Å². The van der Waals surface area contributed by atoms with Crippen LogP contribution in [0.25, 0.3) is 90.9 Å². The van der Waals surface area contributed by atoms with Gasteiger partial charge in [0.05, 0.1) is 45.0 Å². The van der Waals surface area contributed by atoms with Crippen molar-refractivity contribution in [2.45, 2.75) is 105 Å². The van der Waals surface area contributed by atoms with E-state index in [4.69, 9.17) is 28.9 Å². The van der Waals surface area contributed by atoms with Crippen LogP contribution in [0.4, 0.5) is 0 Å². The predicted molar refractivity (Wildman–Crippen MR) is 301 cm³/mol. The molecule has 0 aliphatic carbocycles. The minimum atomic E-state index is -0.677. The molecule has 7 aromatic rings. The van der Waals surface area contributed by atoms with Crippen LogP contribution in [0.5, 0.6) is 0 Å². The zero-order valence-electron chi connectivity index (χ0n) is 45.0. The molecule has 0 saturated heterocycles. The second-order valence-corrected chi connectivity index (χ2v) is 22.8. The van der Waals surface area contributed by atoms with Gasteiger partial charge in [-0.15, -0.1) is 0 Å². The number of nitrogens with one attached hydrogen (secondary N) is 2. The van der Waals surface area contributed by atoms with Gasteiger partial charge in [-0.25, -0.2) is 29.1 Å². The van der Waals surface area contributed by atoms with E-state index < -0.39 is 46.3 Å². The summed E-state index contributed by atoms with van der Waals surface area (Å²) in [6, 6.07) is 37.2. The molecule has 0 amide bonds. The molecule has 76 heavy (non-hydrogen) atoms. The van der Waals surface area contributed by atoms with Crippen molar-refractivity contribution in [3.05, 3.63) is 166 Å². The lowest BCUT2D eigenvalue weighted by atomic mass is 10.0. The summed E-state index contributed by atoms with van der Waals surface area (Å²) in [7, 11) is 0. The van der Waals surface area contributed by atoms with Gasteiger partial charge in [-0.1, -0.05) is 48.5 Å². The summed E-state index contributed by atoms with van der Waals surface area (Å²) in [5.74, 6) is -1.73. The quantitative estimate of drug-likeness (QED) is 0.111. The van der Waals surface area contributed by atoms with Gasteiger partial charge in [0.25, 0.3) is 0 Å². The molecule has 0 atom stereocenters. The van der Waals surface area contributed by atoms with Crippen LogP contribution in [-0.4, -0.2) is 66.2 Å². The van der Waals surface area contributed by atoms with E-state index in [1.807, 2.05) is 180 Å². The second kappa shape index (κ2) is 19.9. The Hall–Kier alpha value is -8.64. The lowest BCUT2D eigenvalue weighted by Gasteiger charge is -2.19. The molecule has 12 heteroatoms. The largest absolute Gasteiger partial charge is 0.456 e. The summed E-state index contributed by atoms with van der Waals surface area (Å²) in [5, 5.41) is 0. The second-order valence-electron chi connectivity index (χ2n) is 22.8. The van der Waals surface area contributed by atoms with Crippen LogP contribution in [0.1, 0.15) is 147 Å². The first-order valence-corrected chi connectivity index (χ1v) is 25.3. The Morgan fingerprint density at radius 2 is 0.487 bits per heavy atom. The number of esters is 4. The number of nitrogens with zero attached hydrogens (tertiary/aromatic N) is 2. The predicted octanol–water partition coefficient (Wildman–Crippen LogP) is 15.1. The monoisotopic (exact) mass is 1010 g/mol. The van der Waals surface area contributed by atoms with Crippen LogP contribution < -0.4 is 0 Å². The van der Waals surface area contributed by atoms with Gasteiger partial charge in [0.15, 0.2) is 0 Å². The Balaban J connectivity index is 1.34. The number of hydrogen-bond donors (Lipinski definition) is 2. The fourth-order valence-corrected chi connectivity index (χ4v) is 8.86. The van der Waals surface area contributed by atoms with E-state index in [9.17, 15) is 19.2 Å². The maximum absolute atomic E-state index is 13.2. The molecular formula is C64H62N4O8. The van der Waals surface area contributed by atoms with Gasteiger partial charge in [-0.2, -0.15) is 0 Å². The number of H-pyrrole nitrogens is 2. The molecular weight excluding hydrogens is 953 g/mol. The first-order chi connectivity index (χ1) is 35.8. The average molecular weight is 1020 g/mol. The molecule has 0 radical (unpaired) electrons. The molecule has 0 fully saturated rings. The number of carbonyl (C=O) groups excluding carboxylic acids is 4. The number of benzene rings is 4. The molecule has 5 heterocycles. The molecule has 0 saturated carbocycles. The Bertz CT molecular complexity index is 3190. The van der Waals surface area contributed by atoms with Crippen molar-refractivity contribution in [3.63, 3.8) is 0 Å². The zero-order chi connectivity index (χ0) is 54.5. The molecule has 2 aliphatic heterocycles. The summed E-state index contributed by atoms with van der Waals surface area (Å²) < 4.78 is 22.9. The van der Waals surface area contributed by atoms with Crippen molar-refractivity contribution < 1.29 is 38.1 Å². The van der Waals surface area contributed by atoms with Crippen LogP contribution in [0.2, 0.25) is 0 Å². The van der Waals surface area contributed by atoms with E-state index in [1.54, 1.807) is 48.5 Å². The highest BCUT2D eigenvalue weighted by Gasteiger charge is 2.25. The van der Waals surface area contributed by atoms with Gasteiger partial charge < -0.3 is 28.9 Å². The van der Waals surface area contributed by atoms with Crippen LogP contribution in [0.3, 0.4) is 0 Å². The molecule has 0 spiro atoms. The number of aromatic amines is 2. The van der Waals surface area contributed by atoms with Gasteiger partial charge >= 0.3 is 23.9 Å². The third-order valence-electron chi connectivity index (χ3n) is 12.0. The number of fused-ring (bicyclic) bond motifs is 8. The summed E-state index contributed by atoms with van der Waals surface area (Å²) in [4.78, 5) is 71.2. The van der Waals surface area contributed by atoms with E-state index in [0.29, 0.717) is 45.0 Å². The summed E-state index contributed by atoms with van der Waals surface area (Å²) >= 11 is 0. The van der Waals surface area contributed by atoms with Crippen LogP contribution in [0, 0.1) is 0 Å². The Morgan fingerprint density at radius 3 is 0.658 bits per heavy atom. The normalized spacial score (nSPS) is 12.6. The highest BCUT2D eigenvalue weighted by Crippen LogP contribution is 2.39. The Labute approximate surface area is 442 Å². The molecule has 0 unspecified atom stereocenters. The van der Waals surface area contributed by atoms with Gasteiger partial charge in [-0.05, 0) is 202 Å². The van der Waals surface area contributed by atoms with Crippen molar-refractivity contribution in [1.29, 1.82) is 0 Å². The van der Waals surface area contributed by atoms with Gasteiger partial charge in [0.1, 0.15) is 22.4 Å². The number of ether oxygens (including phenoxy) is 4. The minimum absolute atomic E-state index is 0.405. The molecule has 9 rings (SSSR count). The highest BCUT2D eigenvalue weighted by atomic mass is 16.6. The molecule has 386 valence electrons. The SMILES string of the molecule is CC(C)(C)OC(=O)c1ccc(-c2c3nc(c(-c4ccc(C(=O)OC(C)(C)C)cc4)c4ccc([nH]4)c(-c4ccc(C(=O)OC(C)(C)C)cc4)c4nc(c(-c5ccc(C(=O)OC(C)(C)C)cc5)c5ccc2[nH]5)C=C4)C=C3)cc1. The standard InChI is InChI=1S/C64H62N4O8/c1-61(2,3)73-57(69)41-21-13-37(14-22-41)53-45-29-31-47(65-45)54(38-15-23-42(24-16-38)58(70)74-62(4,5)6)49-33-35-51(67-49)56(40-19-27-44(28-20-40)60(72)76-64(10,11)12)52-36-34-50(68-52)55(48-32-30-46(53)66-48)39-17-25-43(26-18-39)59(71)75-63(7,8)9/h13-36,65,68H,1-12H3. The Kier molecular flexibility index (Phi) is 13.7. The number of aromatic nitrogens is 4. The summed E-state index contributed by atoms with van der Waals surface area (Å²) in [6.07, 6.45) is 7.88. The van der Waals surface area contributed by atoms with Crippen LogP contribution >= 0.6 is 0 Å². The van der Waals surface area contributed by atoms with Crippen LogP contribution in [-0.2, 0) is 18.9 Å². The van der Waals surface area contributed by atoms with E-state index >= 15 is 0 Å². The van der Waals surface area contributed by atoms with E-state index in [-0.39, 0.29) is 0 Å². The molecule has 4 aromatic carbocycles. The van der Waals surface area contributed by atoms with Crippen molar-refractivity contribution >= 4 is 70.2 Å². The van der Waals surface area contributed by atoms with Gasteiger partial charge in [0.2, 0.25) is 0 Å². The van der Waals surface area contributed by atoms with Crippen LogP contribution in [0.15, 0.2) is 121 Å². The maximum atomic E-state index is 13.2. The first-order valence-electron chi connectivity index (χ1n) is 25.3. The third kappa shape index (κ3) is 11.8. The number of rotatable bonds is 8. The van der Waals surface area contributed by atoms with Gasteiger partial charge in [-0.3, -0.25) is 0 Å². The van der Waals surface area contributed by atoms with Crippen molar-refractivity contribution in [3.8, 4) is 44.5 Å². The number of hydrogen-bond acceptors (Lipinski definition) is 10. The maximum Gasteiger partial charge on any atom is 0.338 e. The van der Waals surface area contributed by atoms with Gasteiger partial charge in [0, 0.05) is 44.3 Å². The fraction of sp³-hybridized carbons (Fsp3) is 0.250. The molecule has 12 nitrogen and oxygen atoms in total. The van der Waals surface area contributed by atoms with Crippen molar-refractivity contribution in [2.75, 3.05) is 0 Å². The molecule has 2 N–H and O–H groups in total. The summed E-state index contributed by atoms with van der Waals surface area (Å²) in [5.41, 5.74) is 10.6. The molecule has 8 bridgehead atoms. The van der Waals surface area contributed by atoms with E-state index in [0.717, 1.165) is 66.6 Å². The average Bonchev–Trinajstić information content (AvgIpc) is 4.19. The highest BCUT2D eigenvalue weighted by molar-refractivity contribution is 6.01. The Morgan fingerprint density at radius 1 is 0.303 bits per heavy atom. The third-order valence-corrected chi connectivity index (χ3v) is 12.0. The smallest absolute Gasteiger partial charge is 0.338 e. The molecule has 3 aromatic heterocycles. The topological polar surface area (TPSA) is 163 Å². The fourth-order valence-electron chi connectivity index (χ4n) is 8.86. The lowest BCUT2D eigenvalue weighted by molar-refractivity contribution is 0.00570. The zero-order valence-corrected chi connectivity index (χ0v) is 45.0.